The van der Waals surface area contributed by atoms with Gasteiger partial charge in [-0.2, -0.15) is 18.3 Å². The molecule has 12 heteroatoms. The molecule has 3 rings (SSSR count). The Kier molecular flexibility index (Phi) is 8.78. The highest BCUT2D eigenvalue weighted by molar-refractivity contribution is 6.30. The Hall–Kier alpha value is -2.46. The number of hydrogen-bond donors (Lipinski definition) is 3. The quantitative estimate of drug-likeness (QED) is 0.358. The van der Waals surface area contributed by atoms with Gasteiger partial charge < -0.3 is 10.5 Å². The molecule has 0 spiro atoms. The molecule has 0 saturated carbocycles. The van der Waals surface area contributed by atoms with Crippen molar-refractivity contribution in [1.29, 1.82) is 0 Å². The van der Waals surface area contributed by atoms with Gasteiger partial charge in [0.2, 0.25) is 0 Å². The lowest BCUT2D eigenvalue weighted by Crippen LogP contribution is -2.17. The van der Waals surface area contributed by atoms with Crippen LogP contribution < -0.4 is 11.3 Å². The number of halogens is 6. The van der Waals surface area contributed by atoms with Crippen LogP contribution in [-0.4, -0.2) is 20.9 Å². The van der Waals surface area contributed by atoms with Crippen molar-refractivity contribution in [2.45, 2.75) is 6.18 Å². The summed E-state index contributed by atoms with van der Waals surface area (Å²) in [5.74, 6) is 3.42. The number of rotatable bonds is 3. The Morgan fingerprint density at radius 3 is 1.93 bits per heavy atom. The maximum absolute atomic E-state index is 12.9. The summed E-state index contributed by atoms with van der Waals surface area (Å²) in [5.41, 5.74) is 1.20. The van der Waals surface area contributed by atoms with E-state index in [0.717, 1.165) is 5.69 Å². The van der Waals surface area contributed by atoms with Gasteiger partial charge in [-0.25, -0.2) is 9.48 Å². The molecule has 0 unspecified atom stereocenters. The average molecular weight is 470 g/mol. The van der Waals surface area contributed by atoms with Crippen LogP contribution in [0.1, 0.15) is 16.1 Å². The summed E-state index contributed by atoms with van der Waals surface area (Å²) >= 11 is 11.2. The third-order valence-electron chi connectivity index (χ3n) is 3.35. The van der Waals surface area contributed by atoms with Crippen LogP contribution in [0.15, 0.2) is 54.7 Å². The Labute approximate surface area is 179 Å². The molecule has 1 heterocycles. The first-order valence-corrected chi connectivity index (χ1v) is 8.25. The lowest BCUT2D eigenvalue weighted by molar-refractivity contribution is -0.143. The number of nitrogen functional groups attached to an aromatic ring is 1. The second-order valence-electron chi connectivity index (χ2n) is 5.25. The number of nitrogens with two attached hydrogens (primary N) is 1. The maximum atomic E-state index is 12.9. The molecular formula is C17H14Cl3F3N4O2. The van der Waals surface area contributed by atoms with Crippen LogP contribution in [0.25, 0.3) is 5.69 Å². The fraction of sp³-hybridized carbons (Fsp3) is 0.0588. The van der Waals surface area contributed by atoms with Crippen LogP contribution in [-0.2, 0) is 6.18 Å². The van der Waals surface area contributed by atoms with E-state index in [2.05, 4.69) is 10.5 Å². The number of nitrogens with one attached hydrogen (secondary N) is 1. The number of carbonyl (C=O) groups is 1. The molecule has 0 radical (unpaired) electrons. The predicted molar refractivity (Wildman–Crippen MR) is 107 cm³/mol. The lowest BCUT2D eigenvalue weighted by atomic mass is 10.2. The number of aromatic carboxylic acids is 1. The molecule has 29 heavy (non-hydrogen) atoms. The highest BCUT2D eigenvalue weighted by Crippen LogP contribution is 2.33. The fourth-order valence-electron chi connectivity index (χ4n) is 2.10. The number of carboxylic acid groups (broad SMARTS) is 1. The Morgan fingerprint density at radius 2 is 1.52 bits per heavy atom. The molecule has 0 aliphatic heterocycles. The minimum absolute atomic E-state index is 0. The minimum atomic E-state index is -4.83. The second-order valence-corrected chi connectivity index (χ2v) is 6.12. The minimum Gasteiger partial charge on any atom is -0.478 e. The summed E-state index contributed by atoms with van der Waals surface area (Å²) in [5, 5.41) is 13.3. The van der Waals surface area contributed by atoms with E-state index < -0.39 is 23.4 Å². The van der Waals surface area contributed by atoms with Gasteiger partial charge in [-0.05, 0) is 48.5 Å². The summed E-state index contributed by atoms with van der Waals surface area (Å²) in [6.07, 6.45) is -4.16. The van der Waals surface area contributed by atoms with Crippen molar-refractivity contribution in [3.05, 3.63) is 76.0 Å². The highest BCUT2D eigenvalue weighted by atomic mass is 35.5. The van der Waals surface area contributed by atoms with E-state index in [9.17, 15) is 18.0 Å². The molecule has 0 saturated heterocycles. The van der Waals surface area contributed by atoms with E-state index in [0.29, 0.717) is 20.9 Å². The molecule has 0 aliphatic carbocycles. The Balaban J connectivity index is 0.000000355. The molecule has 1 aromatic heterocycles. The summed E-state index contributed by atoms with van der Waals surface area (Å²) in [6.45, 7) is 0. The zero-order chi connectivity index (χ0) is 20.9. The third-order valence-corrected chi connectivity index (χ3v) is 3.85. The predicted octanol–water partition coefficient (Wildman–Crippen LogP) is 5.29. The molecule has 0 bridgehead atoms. The summed E-state index contributed by atoms with van der Waals surface area (Å²) in [4.78, 5) is 10.8. The first-order chi connectivity index (χ1) is 13.1. The van der Waals surface area contributed by atoms with Gasteiger partial charge in [0.1, 0.15) is 5.56 Å². The van der Waals surface area contributed by atoms with Gasteiger partial charge in [0.05, 0.1) is 11.9 Å². The standard InChI is InChI=1S/C11H6ClF3N2O2.C6H7ClN2.ClH/c12-6-1-3-7(4-2-6)17-9(11(13,14)15)8(5-16-17)10(18)19;7-5-1-3-6(9-8)4-2-5;/h1-5H,(H,18,19);1-4,9H,8H2;1H. The van der Waals surface area contributed by atoms with E-state index in [4.69, 9.17) is 34.2 Å². The molecule has 0 atom stereocenters. The van der Waals surface area contributed by atoms with E-state index in [1.54, 1.807) is 12.1 Å². The van der Waals surface area contributed by atoms with Crippen molar-refractivity contribution in [1.82, 2.24) is 9.78 Å². The largest absolute Gasteiger partial charge is 0.478 e. The smallest absolute Gasteiger partial charge is 0.434 e. The molecule has 0 aliphatic rings. The third kappa shape index (κ3) is 6.53. The summed E-state index contributed by atoms with van der Waals surface area (Å²) in [7, 11) is 0. The number of aromatic nitrogens is 2. The van der Waals surface area contributed by atoms with Gasteiger partial charge in [0, 0.05) is 15.7 Å². The molecule has 2 aromatic carbocycles. The SMILES string of the molecule is Cl.NNc1ccc(Cl)cc1.O=C(O)c1cnn(-c2ccc(Cl)cc2)c1C(F)(F)F. The molecular weight excluding hydrogens is 456 g/mol. The number of hydrazine groups is 1. The van der Waals surface area contributed by atoms with Crippen molar-refractivity contribution < 1.29 is 23.1 Å². The summed E-state index contributed by atoms with van der Waals surface area (Å²) in [6, 6.07) is 12.6. The number of alkyl halides is 3. The lowest BCUT2D eigenvalue weighted by Gasteiger charge is -2.11. The van der Waals surface area contributed by atoms with Crippen LogP contribution in [0, 0.1) is 0 Å². The molecule has 4 N–H and O–H groups in total. The first kappa shape index (κ1) is 24.6. The van der Waals surface area contributed by atoms with Gasteiger partial charge in [0.15, 0.2) is 5.69 Å². The van der Waals surface area contributed by atoms with E-state index >= 15 is 0 Å². The summed E-state index contributed by atoms with van der Waals surface area (Å²) < 4.78 is 39.3. The number of hydrogen-bond acceptors (Lipinski definition) is 4. The van der Waals surface area contributed by atoms with E-state index in [-0.39, 0.29) is 18.1 Å². The van der Waals surface area contributed by atoms with Crippen molar-refractivity contribution in [2.24, 2.45) is 5.84 Å². The first-order valence-electron chi connectivity index (χ1n) is 7.50. The van der Waals surface area contributed by atoms with Crippen molar-refractivity contribution in [3.8, 4) is 5.69 Å². The van der Waals surface area contributed by atoms with E-state index in [1.165, 1.54) is 24.3 Å². The van der Waals surface area contributed by atoms with Crippen molar-refractivity contribution >= 4 is 47.3 Å². The zero-order valence-electron chi connectivity index (χ0n) is 14.3. The Bertz CT molecular complexity index is 946. The zero-order valence-corrected chi connectivity index (χ0v) is 16.6. The van der Waals surface area contributed by atoms with Gasteiger partial charge in [-0.1, -0.05) is 23.2 Å². The van der Waals surface area contributed by atoms with Crippen LogP contribution in [0.4, 0.5) is 18.9 Å². The normalized spacial score (nSPS) is 10.4. The number of nitrogens with zero attached hydrogens (tertiary/aromatic N) is 2. The number of anilines is 1. The molecule has 0 amide bonds. The molecule has 156 valence electrons. The number of benzene rings is 2. The van der Waals surface area contributed by atoms with Gasteiger partial charge in [-0.15, -0.1) is 12.4 Å². The van der Waals surface area contributed by atoms with Crippen LogP contribution in [0.3, 0.4) is 0 Å². The molecule has 6 nitrogen and oxygen atoms in total. The van der Waals surface area contributed by atoms with Gasteiger partial charge in [0.25, 0.3) is 0 Å². The van der Waals surface area contributed by atoms with Gasteiger partial charge >= 0.3 is 12.1 Å². The van der Waals surface area contributed by atoms with Gasteiger partial charge in [-0.3, -0.25) is 5.84 Å². The van der Waals surface area contributed by atoms with Crippen molar-refractivity contribution in [3.63, 3.8) is 0 Å². The highest BCUT2D eigenvalue weighted by Gasteiger charge is 2.40. The monoisotopic (exact) mass is 468 g/mol. The molecule has 0 fully saturated rings. The second kappa shape index (κ2) is 10.4. The van der Waals surface area contributed by atoms with Crippen molar-refractivity contribution in [2.75, 3.05) is 5.43 Å². The van der Waals surface area contributed by atoms with Crippen LogP contribution in [0.2, 0.25) is 10.0 Å². The maximum Gasteiger partial charge on any atom is 0.434 e. The number of carboxylic acids is 1. The Morgan fingerprint density at radius 1 is 1.03 bits per heavy atom. The topological polar surface area (TPSA) is 93.2 Å². The molecule has 3 aromatic rings. The van der Waals surface area contributed by atoms with Crippen LogP contribution in [0.5, 0.6) is 0 Å². The van der Waals surface area contributed by atoms with E-state index in [1.807, 2.05) is 12.1 Å². The fourth-order valence-corrected chi connectivity index (χ4v) is 2.35. The average Bonchev–Trinajstić information content (AvgIpc) is 3.09. The van der Waals surface area contributed by atoms with Crippen LogP contribution >= 0.6 is 35.6 Å².